The Morgan fingerprint density at radius 1 is 1.19 bits per heavy atom. The van der Waals surface area contributed by atoms with Crippen LogP contribution in [0.4, 0.5) is 4.39 Å². The number of halogens is 1. The monoisotopic (exact) mass is 584 g/mol. The largest absolute Gasteiger partial charge is 0.395 e. The van der Waals surface area contributed by atoms with E-state index in [1.165, 1.54) is 17.7 Å². The Hall–Kier alpha value is -4.28. The van der Waals surface area contributed by atoms with Crippen LogP contribution in [0.2, 0.25) is 0 Å². The van der Waals surface area contributed by atoms with E-state index in [0.29, 0.717) is 11.3 Å². The third-order valence-electron chi connectivity index (χ3n) is 8.70. The Balaban J connectivity index is 1.31. The van der Waals surface area contributed by atoms with Gasteiger partial charge in [-0.1, -0.05) is 6.07 Å². The first-order chi connectivity index (χ1) is 20.7. The molecule has 1 amide bonds. The number of likely N-dealkylation sites (tertiary alicyclic amines) is 1. The third kappa shape index (κ3) is 5.48. The molecule has 4 heterocycles. The molecule has 2 aromatic carbocycles. The highest BCUT2D eigenvalue weighted by atomic mass is 19.1. The number of hydrogen-bond acceptors (Lipinski definition) is 5. The Kier molecular flexibility index (Phi) is 7.89. The summed E-state index contributed by atoms with van der Waals surface area (Å²) in [7, 11) is 1.74. The predicted octanol–water partition coefficient (Wildman–Crippen LogP) is 4.66. The number of aliphatic hydroxyl groups is 1. The van der Waals surface area contributed by atoms with Gasteiger partial charge >= 0.3 is 5.69 Å². The number of imidazole rings is 1. The average molecular weight is 585 g/mol. The maximum atomic E-state index is 14.4. The summed E-state index contributed by atoms with van der Waals surface area (Å²) in [4.78, 5) is 37.1. The van der Waals surface area contributed by atoms with Gasteiger partial charge in [-0.15, -0.1) is 0 Å². The Morgan fingerprint density at radius 2 is 2.02 bits per heavy atom. The van der Waals surface area contributed by atoms with E-state index in [-0.39, 0.29) is 36.7 Å². The van der Waals surface area contributed by atoms with Gasteiger partial charge in [0, 0.05) is 44.0 Å². The van der Waals surface area contributed by atoms with Gasteiger partial charge in [0.15, 0.2) is 0 Å². The fraction of sp³-hybridized carbons (Fsp3) is 0.364. The van der Waals surface area contributed by atoms with Crippen LogP contribution in [0, 0.1) is 5.82 Å². The van der Waals surface area contributed by atoms with Crippen molar-refractivity contribution in [2.75, 3.05) is 26.7 Å². The standard InChI is InChI=1S/C33H37FN6O3/c1-21(2)37(3)32(42)26-16-24(34)7-9-29(26)40-20-27(25-10-11-35-17-31(25)40)23-5-4-12-38(19-23)18-22-6-8-30-28(15-22)36-33(43)39(30)13-14-41/h6-11,15-17,20-21,23,41H,4-5,12-14,18-19H2,1-3H3,(H,36,43). The van der Waals surface area contributed by atoms with Gasteiger partial charge < -0.3 is 19.6 Å². The molecule has 3 aromatic heterocycles. The van der Waals surface area contributed by atoms with Crippen LogP contribution >= 0.6 is 0 Å². The van der Waals surface area contributed by atoms with Gasteiger partial charge in [0.05, 0.1) is 47.1 Å². The topological polar surface area (TPSA) is 99.4 Å². The molecule has 10 heteroatoms. The van der Waals surface area contributed by atoms with Gasteiger partial charge in [-0.05, 0) is 86.7 Å². The van der Waals surface area contributed by atoms with Gasteiger partial charge in [-0.25, -0.2) is 9.18 Å². The summed E-state index contributed by atoms with van der Waals surface area (Å²) in [6.45, 7) is 6.61. The normalized spacial score (nSPS) is 16.0. The molecule has 1 fully saturated rings. The number of carbonyl (C=O) groups excluding carboxylic acids is 1. The van der Waals surface area contributed by atoms with Crippen LogP contribution in [0.5, 0.6) is 0 Å². The zero-order valence-electron chi connectivity index (χ0n) is 24.8. The summed E-state index contributed by atoms with van der Waals surface area (Å²) in [5.41, 5.74) is 5.47. The Labute approximate surface area is 249 Å². The highest BCUT2D eigenvalue weighted by Gasteiger charge is 2.27. The predicted molar refractivity (Wildman–Crippen MR) is 165 cm³/mol. The zero-order chi connectivity index (χ0) is 30.2. The summed E-state index contributed by atoms with van der Waals surface area (Å²) < 4.78 is 18.0. The van der Waals surface area contributed by atoms with Crippen molar-refractivity contribution in [3.05, 3.63) is 94.0 Å². The van der Waals surface area contributed by atoms with E-state index in [1.54, 1.807) is 28.8 Å². The van der Waals surface area contributed by atoms with Crippen molar-refractivity contribution >= 4 is 27.8 Å². The maximum Gasteiger partial charge on any atom is 0.326 e. The van der Waals surface area contributed by atoms with Crippen LogP contribution in [0.1, 0.15) is 54.1 Å². The lowest BCUT2D eigenvalue weighted by atomic mass is 9.90. The van der Waals surface area contributed by atoms with E-state index in [1.807, 2.05) is 48.9 Å². The summed E-state index contributed by atoms with van der Waals surface area (Å²) in [6.07, 6.45) is 7.76. The number of hydrogen-bond donors (Lipinski definition) is 2. The number of fused-ring (bicyclic) bond motifs is 2. The number of aliphatic hydroxyl groups excluding tert-OH is 1. The number of benzene rings is 2. The minimum atomic E-state index is -0.450. The Morgan fingerprint density at radius 3 is 2.81 bits per heavy atom. The van der Waals surface area contributed by atoms with Crippen molar-refractivity contribution in [1.29, 1.82) is 0 Å². The minimum absolute atomic E-state index is 0.0307. The fourth-order valence-electron chi connectivity index (χ4n) is 6.28. The second-order valence-electron chi connectivity index (χ2n) is 11.7. The van der Waals surface area contributed by atoms with Crippen molar-refractivity contribution in [1.82, 2.24) is 28.9 Å². The molecular formula is C33H37FN6O3. The lowest BCUT2D eigenvalue weighted by molar-refractivity contribution is 0.0754. The number of nitrogens with zero attached hydrogens (tertiary/aromatic N) is 5. The molecule has 0 bridgehead atoms. The third-order valence-corrected chi connectivity index (χ3v) is 8.70. The van der Waals surface area contributed by atoms with Crippen LogP contribution < -0.4 is 5.69 Å². The van der Waals surface area contributed by atoms with Crippen LogP contribution in [0.25, 0.3) is 27.6 Å². The summed E-state index contributed by atoms with van der Waals surface area (Å²) in [5.74, 6) is -0.424. The second-order valence-corrected chi connectivity index (χ2v) is 11.7. The number of carbonyl (C=O) groups is 1. The molecule has 1 saturated heterocycles. The van der Waals surface area contributed by atoms with Crippen molar-refractivity contribution < 1.29 is 14.3 Å². The number of H-pyrrole nitrogens is 1. The molecule has 0 aliphatic carbocycles. The smallest absolute Gasteiger partial charge is 0.326 e. The average Bonchev–Trinajstić information content (AvgIpc) is 3.53. The number of pyridine rings is 1. The second kappa shape index (κ2) is 11.8. The number of piperidine rings is 1. The van der Waals surface area contributed by atoms with Gasteiger partial charge in [-0.3, -0.25) is 19.2 Å². The maximum absolute atomic E-state index is 14.4. The number of nitrogens with one attached hydrogen (secondary N) is 1. The Bertz CT molecular complexity index is 1850. The van der Waals surface area contributed by atoms with Crippen LogP contribution in [-0.2, 0) is 13.1 Å². The molecule has 43 heavy (non-hydrogen) atoms. The van der Waals surface area contributed by atoms with Gasteiger partial charge in [0.25, 0.3) is 5.91 Å². The molecule has 1 aliphatic heterocycles. The molecule has 1 unspecified atom stereocenters. The van der Waals surface area contributed by atoms with Gasteiger partial charge in [0.2, 0.25) is 0 Å². The van der Waals surface area contributed by atoms with Gasteiger partial charge in [0.1, 0.15) is 5.82 Å². The van der Waals surface area contributed by atoms with E-state index >= 15 is 0 Å². The lowest BCUT2D eigenvalue weighted by Crippen LogP contribution is -2.34. The van der Waals surface area contributed by atoms with E-state index in [2.05, 4.69) is 21.1 Å². The van der Waals surface area contributed by atoms with Crippen molar-refractivity contribution in [2.24, 2.45) is 0 Å². The quantitative estimate of drug-likeness (QED) is 0.277. The minimum Gasteiger partial charge on any atom is -0.395 e. The first kappa shape index (κ1) is 28.8. The van der Waals surface area contributed by atoms with Crippen LogP contribution in [0.15, 0.2) is 65.8 Å². The first-order valence-corrected chi connectivity index (χ1v) is 14.8. The summed E-state index contributed by atoms with van der Waals surface area (Å²) >= 11 is 0. The molecule has 1 aliphatic rings. The molecule has 2 N–H and O–H groups in total. The van der Waals surface area contributed by atoms with Crippen molar-refractivity contribution in [3.63, 3.8) is 0 Å². The van der Waals surface area contributed by atoms with E-state index in [0.717, 1.165) is 60.0 Å². The highest BCUT2D eigenvalue weighted by Crippen LogP contribution is 2.36. The van der Waals surface area contributed by atoms with Crippen LogP contribution in [-0.4, -0.2) is 72.7 Å². The number of rotatable bonds is 8. The number of aromatic nitrogens is 4. The van der Waals surface area contributed by atoms with E-state index in [9.17, 15) is 19.1 Å². The fourth-order valence-corrected chi connectivity index (χ4v) is 6.28. The number of amides is 1. The van der Waals surface area contributed by atoms with Crippen molar-refractivity contribution in [3.8, 4) is 5.69 Å². The molecule has 5 aromatic rings. The molecule has 0 radical (unpaired) electrons. The molecule has 224 valence electrons. The van der Waals surface area contributed by atoms with Gasteiger partial charge in [-0.2, -0.15) is 0 Å². The van der Waals surface area contributed by atoms with E-state index in [4.69, 9.17) is 0 Å². The summed E-state index contributed by atoms with van der Waals surface area (Å²) in [5, 5.41) is 10.4. The first-order valence-electron chi connectivity index (χ1n) is 14.8. The lowest BCUT2D eigenvalue weighted by Gasteiger charge is -2.32. The SMILES string of the molecule is CC(C)N(C)C(=O)c1cc(F)ccc1-n1cc(C2CCCN(Cc3ccc4c(c3)[nH]c(=O)n4CCO)C2)c2ccncc21. The van der Waals surface area contributed by atoms with Crippen LogP contribution in [0.3, 0.4) is 0 Å². The molecule has 0 saturated carbocycles. The van der Waals surface area contributed by atoms with Crippen molar-refractivity contribution in [2.45, 2.75) is 51.7 Å². The summed E-state index contributed by atoms with van der Waals surface area (Å²) in [6, 6.07) is 12.4. The zero-order valence-corrected chi connectivity index (χ0v) is 24.8. The molecular weight excluding hydrogens is 547 g/mol. The molecule has 9 nitrogen and oxygen atoms in total. The molecule has 6 rings (SSSR count). The highest BCUT2D eigenvalue weighted by molar-refractivity contribution is 5.99. The number of aromatic amines is 1. The van der Waals surface area contributed by atoms with E-state index < -0.39 is 5.82 Å². The molecule has 1 atom stereocenters. The molecule has 0 spiro atoms.